The molecule has 4 nitrogen and oxygen atoms in total. The zero-order valence-corrected chi connectivity index (χ0v) is 19.4. The second-order valence-corrected chi connectivity index (χ2v) is 8.37. The van der Waals surface area contributed by atoms with E-state index < -0.39 is 0 Å². The van der Waals surface area contributed by atoms with Crippen LogP contribution >= 0.6 is 0 Å². The zero-order chi connectivity index (χ0) is 21.6. The number of pyridine rings is 1. The molecule has 1 N–H and O–H groups in total. The SMILES string of the molecule is CCCCCCCCCCCCCCCc1cc(=O)[nH]c2c(OC)ccc(OC)c12. The fourth-order valence-corrected chi connectivity index (χ4v) is 4.27. The normalized spacial score (nSPS) is 11.2. The largest absolute Gasteiger partial charge is 0.496 e. The number of H-pyrrole nitrogens is 1. The van der Waals surface area contributed by atoms with Gasteiger partial charge in [0.1, 0.15) is 11.5 Å². The monoisotopic (exact) mass is 415 g/mol. The second kappa shape index (κ2) is 14.1. The van der Waals surface area contributed by atoms with E-state index >= 15 is 0 Å². The number of unbranched alkanes of at least 4 members (excludes halogenated alkanes) is 12. The van der Waals surface area contributed by atoms with Gasteiger partial charge >= 0.3 is 0 Å². The molecule has 0 saturated carbocycles. The van der Waals surface area contributed by atoms with Gasteiger partial charge in [-0.3, -0.25) is 4.79 Å². The van der Waals surface area contributed by atoms with Gasteiger partial charge < -0.3 is 14.5 Å². The molecule has 1 heterocycles. The van der Waals surface area contributed by atoms with Crippen LogP contribution in [0.3, 0.4) is 0 Å². The van der Waals surface area contributed by atoms with Crippen LogP contribution in [-0.2, 0) is 6.42 Å². The van der Waals surface area contributed by atoms with Crippen LogP contribution in [-0.4, -0.2) is 19.2 Å². The predicted molar refractivity (Wildman–Crippen MR) is 127 cm³/mol. The molecule has 30 heavy (non-hydrogen) atoms. The molecule has 168 valence electrons. The number of hydrogen-bond donors (Lipinski definition) is 1. The van der Waals surface area contributed by atoms with Gasteiger partial charge in [-0.15, -0.1) is 0 Å². The fourth-order valence-electron chi connectivity index (χ4n) is 4.27. The van der Waals surface area contributed by atoms with Crippen LogP contribution in [0.2, 0.25) is 0 Å². The highest BCUT2D eigenvalue weighted by Crippen LogP contribution is 2.33. The van der Waals surface area contributed by atoms with E-state index in [1.165, 1.54) is 77.0 Å². The third kappa shape index (κ3) is 7.70. The van der Waals surface area contributed by atoms with Crippen LogP contribution in [0.1, 0.15) is 96.0 Å². The number of hydrogen-bond acceptors (Lipinski definition) is 3. The summed E-state index contributed by atoms with van der Waals surface area (Å²) in [5.74, 6) is 1.46. The molecular formula is C26H41NO3. The molecule has 0 aliphatic rings. The standard InChI is InChI=1S/C26H41NO3/c1-4-5-6-7-8-9-10-11-12-13-14-15-16-17-21-20-24(28)27-26-23(30-3)19-18-22(29-2)25(21)26/h18-20H,4-17H2,1-3H3,(H,27,28). The maximum Gasteiger partial charge on any atom is 0.248 e. The lowest BCUT2D eigenvalue weighted by molar-refractivity contribution is 0.409. The molecular weight excluding hydrogens is 374 g/mol. The van der Waals surface area contributed by atoms with Gasteiger partial charge in [0.25, 0.3) is 0 Å². The van der Waals surface area contributed by atoms with Gasteiger partial charge in [-0.25, -0.2) is 0 Å². The van der Waals surface area contributed by atoms with E-state index in [0.29, 0.717) is 5.75 Å². The Labute approximate surface area is 182 Å². The molecule has 1 aromatic carbocycles. The molecule has 4 heteroatoms. The molecule has 1 aromatic heterocycles. The van der Waals surface area contributed by atoms with Crippen molar-refractivity contribution in [2.45, 2.75) is 96.8 Å². The number of ether oxygens (including phenoxy) is 2. The van der Waals surface area contributed by atoms with E-state index in [1.807, 2.05) is 12.1 Å². The summed E-state index contributed by atoms with van der Waals surface area (Å²) >= 11 is 0. The number of rotatable bonds is 16. The number of aromatic nitrogens is 1. The topological polar surface area (TPSA) is 51.3 Å². The number of aromatic amines is 1. The highest BCUT2D eigenvalue weighted by molar-refractivity contribution is 5.92. The van der Waals surface area contributed by atoms with Crippen LogP contribution in [0, 0.1) is 0 Å². The molecule has 0 amide bonds. The van der Waals surface area contributed by atoms with Gasteiger partial charge in [0, 0.05) is 11.5 Å². The quantitative estimate of drug-likeness (QED) is 0.295. The lowest BCUT2D eigenvalue weighted by Gasteiger charge is -2.13. The van der Waals surface area contributed by atoms with E-state index in [1.54, 1.807) is 20.3 Å². The third-order valence-electron chi connectivity index (χ3n) is 5.99. The minimum Gasteiger partial charge on any atom is -0.496 e. The highest BCUT2D eigenvalue weighted by atomic mass is 16.5. The summed E-state index contributed by atoms with van der Waals surface area (Å²) < 4.78 is 11.0. The Morgan fingerprint density at radius 2 is 1.23 bits per heavy atom. The number of methoxy groups -OCH3 is 2. The maximum absolute atomic E-state index is 12.2. The van der Waals surface area contributed by atoms with E-state index in [2.05, 4.69) is 11.9 Å². The second-order valence-electron chi connectivity index (χ2n) is 8.37. The Balaban J connectivity index is 1.72. The van der Waals surface area contributed by atoms with Crippen molar-refractivity contribution in [3.63, 3.8) is 0 Å². The summed E-state index contributed by atoms with van der Waals surface area (Å²) in [7, 11) is 3.29. The minimum atomic E-state index is -0.0845. The first-order valence-corrected chi connectivity index (χ1v) is 12.0. The summed E-state index contributed by atoms with van der Waals surface area (Å²) in [6, 6.07) is 5.46. The van der Waals surface area contributed by atoms with Crippen molar-refractivity contribution in [1.82, 2.24) is 4.98 Å². The summed E-state index contributed by atoms with van der Waals surface area (Å²) in [6.07, 6.45) is 18.3. The van der Waals surface area contributed by atoms with Crippen molar-refractivity contribution in [1.29, 1.82) is 0 Å². The average Bonchev–Trinajstić information content (AvgIpc) is 2.75. The highest BCUT2D eigenvalue weighted by Gasteiger charge is 2.13. The maximum atomic E-state index is 12.2. The van der Waals surface area contributed by atoms with Crippen molar-refractivity contribution in [3.8, 4) is 11.5 Å². The van der Waals surface area contributed by atoms with Crippen LogP contribution < -0.4 is 15.0 Å². The van der Waals surface area contributed by atoms with E-state index in [9.17, 15) is 4.79 Å². The van der Waals surface area contributed by atoms with Crippen molar-refractivity contribution in [3.05, 3.63) is 34.1 Å². The fraction of sp³-hybridized carbons (Fsp3) is 0.654. The van der Waals surface area contributed by atoms with E-state index in [4.69, 9.17) is 9.47 Å². The molecule has 0 unspecified atom stereocenters. The van der Waals surface area contributed by atoms with E-state index in [-0.39, 0.29) is 5.56 Å². The first-order valence-electron chi connectivity index (χ1n) is 12.0. The average molecular weight is 416 g/mol. The molecule has 0 spiro atoms. The van der Waals surface area contributed by atoms with E-state index in [0.717, 1.165) is 35.1 Å². The summed E-state index contributed by atoms with van der Waals surface area (Å²) in [6.45, 7) is 2.27. The van der Waals surface area contributed by atoms with Crippen LogP contribution in [0.15, 0.2) is 23.0 Å². The smallest absolute Gasteiger partial charge is 0.248 e. The molecule has 0 radical (unpaired) electrons. The molecule has 0 fully saturated rings. The van der Waals surface area contributed by atoms with Gasteiger partial charge in [0.05, 0.1) is 19.7 Å². The van der Waals surface area contributed by atoms with Gasteiger partial charge in [-0.05, 0) is 30.5 Å². The summed E-state index contributed by atoms with van der Waals surface area (Å²) in [4.78, 5) is 15.1. The van der Waals surface area contributed by atoms with Gasteiger partial charge in [0.15, 0.2) is 0 Å². The number of fused-ring (bicyclic) bond motifs is 1. The Morgan fingerprint density at radius 1 is 0.733 bits per heavy atom. The molecule has 0 atom stereocenters. The molecule has 0 saturated heterocycles. The third-order valence-corrected chi connectivity index (χ3v) is 5.99. The van der Waals surface area contributed by atoms with Crippen molar-refractivity contribution >= 4 is 10.9 Å². The Hall–Kier alpha value is -1.97. The lowest BCUT2D eigenvalue weighted by atomic mass is 10.00. The van der Waals surface area contributed by atoms with Gasteiger partial charge in [-0.1, -0.05) is 84.0 Å². The summed E-state index contributed by atoms with van der Waals surface area (Å²) in [5.41, 5.74) is 1.69. The number of nitrogens with one attached hydrogen (secondary N) is 1. The molecule has 0 aliphatic heterocycles. The Kier molecular flexibility index (Phi) is 11.4. The predicted octanol–water partition coefficient (Wildman–Crippen LogP) is 7.18. The van der Waals surface area contributed by atoms with Crippen molar-refractivity contribution < 1.29 is 9.47 Å². The molecule has 2 rings (SSSR count). The van der Waals surface area contributed by atoms with Crippen molar-refractivity contribution in [2.24, 2.45) is 0 Å². The van der Waals surface area contributed by atoms with Crippen LogP contribution in [0.4, 0.5) is 0 Å². The minimum absolute atomic E-state index is 0.0845. The van der Waals surface area contributed by atoms with Gasteiger partial charge in [0.2, 0.25) is 5.56 Å². The Morgan fingerprint density at radius 3 is 1.77 bits per heavy atom. The molecule has 2 aromatic rings. The molecule has 0 aliphatic carbocycles. The van der Waals surface area contributed by atoms with Crippen LogP contribution in [0.25, 0.3) is 10.9 Å². The summed E-state index contributed by atoms with van der Waals surface area (Å²) in [5, 5.41) is 0.968. The number of benzene rings is 1. The number of aryl methyl sites for hydroxylation is 1. The zero-order valence-electron chi connectivity index (χ0n) is 19.4. The first kappa shape index (κ1) is 24.3. The van der Waals surface area contributed by atoms with Crippen LogP contribution in [0.5, 0.6) is 11.5 Å². The first-order chi connectivity index (χ1) is 14.7. The van der Waals surface area contributed by atoms with Crippen molar-refractivity contribution in [2.75, 3.05) is 14.2 Å². The Bertz CT molecular complexity index is 797. The molecule has 0 bridgehead atoms. The lowest BCUT2D eigenvalue weighted by Crippen LogP contribution is -2.08. The van der Waals surface area contributed by atoms with Gasteiger partial charge in [-0.2, -0.15) is 0 Å².